The molecule has 5 heteroatoms. The summed E-state index contributed by atoms with van der Waals surface area (Å²) < 4.78 is 10.4. The van der Waals surface area contributed by atoms with Crippen molar-refractivity contribution in [2.24, 2.45) is 0 Å². The minimum absolute atomic E-state index is 0.147. The third-order valence-electron chi connectivity index (χ3n) is 4.19. The smallest absolute Gasteiger partial charge is 0.323 e. The fraction of sp³-hybridized carbons (Fsp3) is 0.625. The fourth-order valence-corrected chi connectivity index (χ4v) is 3.01. The van der Waals surface area contributed by atoms with Gasteiger partial charge in [-0.25, -0.2) is 0 Å². The maximum atomic E-state index is 11.9. The van der Waals surface area contributed by atoms with Gasteiger partial charge in [0.25, 0.3) is 0 Å². The lowest BCUT2D eigenvalue weighted by Gasteiger charge is -2.33. The van der Waals surface area contributed by atoms with Gasteiger partial charge in [-0.1, -0.05) is 6.42 Å². The van der Waals surface area contributed by atoms with E-state index in [-0.39, 0.29) is 12.0 Å². The molecule has 0 saturated carbocycles. The minimum Gasteiger partial charge on any atom is -0.496 e. The largest absolute Gasteiger partial charge is 0.496 e. The van der Waals surface area contributed by atoms with Gasteiger partial charge in [-0.15, -0.1) is 0 Å². The molecular formula is C16H24N2O3. The predicted octanol–water partition coefficient (Wildman–Crippen LogP) is 2.23. The molecule has 1 fully saturated rings. The number of methoxy groups -OCH3 is 2. The average molecular weight is 292 g/mol. The Morgan fingerprint density at radius 1 is 1.38 bits per heavy atom. The van der Waals surface area contributed by atoms with Gasteiger partial charge in [0.05, 0.1) is 19.9 Å². The highest BCUT2D eigenvalue weighted by molar-refractivity contribution is 5.75. The number of aromatic nitrogens is 1. The molecule has 2 rings (SSSR count). The molecule has 0 N–H and O–H groups in total. The van der Waals surface area contributed by atoms with E-state index in [1.54, 1.807) is 7.11 Å². The number of aryl methyl sites for hydroxylation is 1. The zero-order valence-corrected chi connectivity index (χ0v) is 13.3. The van der Waals surface area contributed by atoms with E-state index in [2.05, 4.69) is 9.88 Å². The van der Waals surface area contributed by atoms with Gasteiger partial charge in [0.2, 0.25) is 0 Å². The molecule has 2 heterocycles. The number of hydrogen-bond donors (Lipinski definition) is 0. The number of carbonyl (C=O) groups is 1. The fourth-order valence-electron chi connectivity index (χ4n) is 3.01. The van der Waals surface area contributed by atoms with Gasteiger partial charge in [0, 0.05) is 23.9 Å². The number of rotatable bonds is 4. The molecule has 1 unspecified atom stereocenters. The van der Waals surface area contributed by atoms with Crippen molar-refractivity contribution in [3.8, 4) is 5.75 Å². The first kappa shape index (κ1) is 15.8. The summed E-state index contributed by atoms with van der Waals surface area (Å²) in [5.74, 6) is 0.734. The van der Waals surface area contributed by atoms with Crippen LogP contribution < -0.4 is 4.74 Å². The molecular weight excluding hydrogens is 268 g/mol. The van der Waals surface area contributed by atoms with Crippen LogP contribution in [-0.2, 0) is 16.1 Å². The van der Waals surface area contributed by atoms with Crippen LogP contribution in [0.25, 0.3) is 0 Å². The number of nitrogens with zero attached hydrogens (tertiary/aromatic N) is 2. The highest BCUT2D eigenvalue weighted by atomic mass is 16.5. The lowest BCUT2D eigenvalue weighted by atomic mass is 10.0. The lowest BCUT2D eigenvalue weighted by molar-refractivity contribution is -0.148. The van der Waals surface area contributed by atoms with E-state index in [9.17, 15) is 4.79 Å². The first-order valence-corrected chi connectivity index (χ1v) is 7.39. The summed E-state index contributed by atoms with van der Waals surface area (Å²) in [4.78, 5) is 18.6. The SMILES string of the molecule is COC(=O)C1CCCCN1Cc1ncc(C)c(OC)c1C. The maximum Gasteiger partial charge on any atom is 0.323 e. The zero-order chi connectivity index (χ0) is 15.4. The number of esters is 1. The standard InChI is InChI=1S/C16H24N2O3/c1-11-9-17-13(12(2)15(11)20-3)10-18-8-6-5-7-14(18)16(19)21-4/h9,14H,5-8,10H2,1-4H3. The summed E-state index contributed by atoms with van der Waals surface area (Å²) in [6.07, 6.45) is 4.86. The Hall–Kier alpha value is -1.62. The van der Waals surface area contributed by atoms with Crippen LogP contribution in [-0.4, -0.2) is 42.7 Å². The summed E-state index contributed by atoms with van der Waals surface area (Å²) in [5, 5.41) is 0. The second kappa shape index (κ2) is 6.89. The quantitative estimate of drug-likeness (QED) is 0.797. The molecule has 21 heavy (non-hydrogen) atoms. The van der Waals surface area contributed by atoms with Crippen molar-refractivity contribution in [1.29, 1.82) is 0 Å². The van der Waals surface area contributed by atoms with E-state index in [0.717, 1.165) is 48.4 Å². The molecule has 1 atom stereocenters. The van der Waals surface area contributed by atoms with E-state index in [1.807, 2.05) is 20.0 Å². The van der Waals surface area contributed by atoms with E-state index in [4.69, 9.17) is 9.47 Å². The van der Waals surface area contributed by atoms with Crippen molar-refractivity contribution in [1.82, 2.24) is 9.88 Å². The van der Waals surface area contributed by atoms with Crippen LogP contribution in [0, 0.1) is 13.8 Å². The van der Waals surface area contributed by atoms with Gasteiger partial charge in [-0.3, -0.25) is 14.7 Å². The van der Waals surface area contributed by atoms with Crippen molar-refractivity contribution in [2.45, 2.75) is 45.7 Å². The molecule has 0 radical (unpaired) electrons. The molecule has 0 amide bonds. The minimum atomic E-state index is -0.155. The summed E-state index contributed by atoms with van der Waals surface area (Å²) in [7, 11) is 3.13. The summed E-state index contributed by atoms with van der Waals surface area (Å²) in [5.41, 5.74) is 3.04. The molecule has 0 bridgehead atoms. The Bertz CT molecular complexity index is 516. The van der Waals surface area contributed by atoms with Crippen LogP contribution in [0.5, 0.6) is 5.75 Å². The maximum absolute atomic E-state index is 11.9. The van der Waals surface area contributed by atoms with Crippen molar-refractivity contribution < 1.29 is 14.3 Å². The normalized spacial score (nSPS) is 19.3. The third-order valence-corrected chi connectivity index (χ3v) is 4.19. The number of carbonyl (C=O) groups excluding carboxylic acids is 1. The third kappa shape index (κ3) is 3.35. The van der Waals surface area contributed by atoms with Crippen LogP contribution in [0.2, 0.25) is 0 Å². The monoisotopic (exact) mass is 292 g/mol. The number of ether oxygens (including phenoxy) is 2. The van der Waals surface area contributed by atoms with Crippen LogP contribution in [0.4, 0.5) is 0 Å². The van der Waals surface area contributed by atoms with E-state index >= 15 is 0 Å². The van der Waals surface area contributed by atoms with E-state index in [0.29, 0.717) is 6.54 Å². The number of piperidine rings is 1. The van der Waals surface area contributed by atoms with Crippen molar-refractivity contribution in [3.63, 3.8) is 0 Å². The van der Waals surface area contributed by atoms with Gasteiger partial charge in [-0.05, 0) is 33.2 Å². The van der Waals surface area contributed by atoms with Crippen molar-refractivity contribution in [3.05, 3.63) is 23.0 Å². The first-order valence-electron chi connectivity index (χ1n) is 7.39. The summed E-state index contributed by atoms with van der Waals surface area (Å²) >= 11 is 0. The molecule has 0 aliphatic carbocycles. The highest BCUT2D eigenvalue weighted by Crippen LogP contribution is 2.27. The van der Waals surface area contributed by atoms with Gasteiger partial charge in [-0.2, -0.15) is 0 Å². The van der Waals surface area contributed by atoms with Gasteiger partial charge < -0.3 is 9.47 Å². The molecule has 1 aliphatic rings. The van der Waals surface area contributed by atoms with Crippen LogP contribution in [0.15, 0.2) is 6.20 Å². The van der Waals surface area contributed by atoms with E-state index in [1.165, 1.54) is 7.11 Å². The van der Waals surface area contributed by atoms with Crippen LogP contribution in [0.3, 0.4) is 0 Å². The molecule has 0 spiro atoms. The van der Waals surface area contributed by atoms with E-state index < -0.39 is 0 Å². The second-order valence-electron chi connectivity index (χ2n) is 5.55. The lowest BCUT2D eigenvalue weighted by Crippen LogP contribution is -2.44. The number of pyridine rings is 1. The Labute approximate surface area is 126 Å². The Balaban J connectivity index is 2.21. The predicted molar refractivity (Wildman–Crippen MR) is 80.3 cm³/mol. The van der Waals surface area contributed by atoms with Crippen LogP contribution >= 0.6 is 0 Å². The topological polar surface area (TPSA) is 51.7 Å². The zero-order valence-electron chi connectivity index (χ0n) is 13.3. The molecule has 1 saturated heterocycles. The van der Waals surface area contributed by atoms with Crippen LogP contribution in [0.1, 0.15) is 36.1 Å². The number of hydrogen-bond acceptors (Lipinski definition) is 5. The average Bonchev–Trinajstić information content (AvgIpc) is 2.50. The molecule has 116 valence electrons. The number of likely N-dealkylation sites (tertiary alicyclic amines) is 1. The molecule has 5 nitrogen and oxygen atoms in total. The van der Waals surface area contributed by atoms with Crippen molar-refractivity contribution in [2.75, 3.05) is 20.8 Å². The molecule has 1 aliphatic heterocycles. The summed E-state index contributed by atoms with van der Waals surface area (Å²) in [6, 6.07) is -0.155. The van der Waals surface area contributed by atoms with Crippen molar-refractivity contribution >= 4 is 5.97 Å². The molecule has 1 aromatic rings. The molecule has 0 aromatic carbocycles. The van der Waals surface area contributed by atoms with Gasteiger partial charge in [0.15, 0.2) is 0 Å². The Morgan fingerprint density at radius 2 is 2.14 bits per heavy atom. The molecule has 1 aromatic heterocycles. The van der Waals surface area contributed by atoms with Gasteiger partial charge in [0.1, 0.15) is 11.8 Å². The second-order valence-corrected chi connectivity index (χ2v) is 5.55. The Morgan fingerprint density at radius 3 is 2.81 bits per heavy atom. The van der Waals surface area contributed by atoms with Gasteiger partial charge >= 0.3 is 5.97 Å². The first-order chi connectivity index (χ1) is 10.1. The Kier molecular flexibility index (Phi) is 5.17. The highest BCUT2D eigenvalue weighted by Gasteiger charge is 2.30. The summed E-state index contributed by atoms with van der Waals surface area (Å²) in [6.45, 7) is 5.56.